The first-order valence-corrected chi connectivity index (χ1v) is 6.71. The van der Waals surface area contributed by atoms with E-state index in [1.807, 2.05) is 0 Å². The highest BCUT2D eigenvalue weighted by Crippen LogP contribution is 1.95. The molecule has 0 radical (unpaired) electrons. The fraction of sp³-hybridized carbons (Fsp3) is 0.900. The summed E-state index contributed by atoms with van der Waals surface area (Å²) in [5.41, 5.74) is 0. The molecule has 0 saturated carbocycles. The number of carbonyl (C=O) groups is 1. The van der Waals surface area contributed by atoms with Gasteiger partial charge in [0.25, 0.3) is 0 Å². The predicted molar refractivity (Wildman–Crippen MR) is 72.1 cm³/mol. The van der Waals surface area contributed by atoms with Crippen molar-refractivity contribution >= 4 is 31.2 Å². The zero-order valence-corrected chi connectivity index (χ0v) is 11.2. The Morgan fingerprint density at radius 1 is 1.27 bits per heavy atom. The van der Waals surface area contributed by atoms with Crippen molar-refractivity contribution in [1.29, 1.82) is 0 Å². The van der Waals surface area contributed by atoms with E-state index in [-0.39, 0.29) is 5.91 Å². The Bertz CT molecular complexity index is 168. The Hall–Kier alpha value is 0.130. The summed E-state index contributed by atoms with van der Waals surface area (Å²) < 4.78 is 0. The lowest BCUT2D eigenvalue weighted by Gasteiger charge is -2.20. The van der Waals surface area contributed by atoms with Gasteiger partial charge in [-0.25, -0.2) is 0 Å². The van der Waals surface area contributed by atoms with Gasteiger partial charge >= 0.3 is 0 Å². The van der Waals surface area contributed by atoms with Crippen LogP contribution in [0.1, 0.15) is 19.8 Å². The molecule has 5 heteroatoms. The van der Waals surface area contributed by atoms with Gasteiger partial charge in [-0.15, -0.1) is 0 Å². The molecule has 0 aromatic rings. The molecule has 1 N–H and O–H groups in total. The quantitative estimate of drug-likeness (QED) is 0.535. The lowest BCUT2D eigenvalue weighted by molar-refractivity contribution is -0.122. The maximum absolute atomic E-state index is 11.4. The van der Waals surface area contributed by atoms with E-state index in [2.05, 4.69) is 42.4 Å². The average molecular weight is 250 g/mol. The molecule has 0 aromatic carbocycles. The van der Waals surface area contributed by atoms with Crippen LogP contribution in [0.5, 0.6) is 0 Å². The van der Waals surface area contributed by atoms with Gasteiger partial charge in [-0.1, -0.05) is 13.3 Å². The van der Waals surface area contributed by atoms with Crippen molar-refractivity contribution in [3.05, 3.63) is 0 Å². The Morgan fingerprint density at radius 2 is 2.00 bits per heavy atom. The minimum atomic E-state index is 0.0851. The molecule has 90 valence electrons. The first-order valence-electron chi connectivity index (χ1n) is 5.45. The number of thiol groups is 2. The topological polar surface area (TPSA) is 32.3 Å². The van der Waals surface area contributed by atoms with Crippen LogP contribution in [0, 0.1) is 0 Å². The highest BCUT2D eigenvalue weighted by molar-refractivity contribution is 7.80. The van der Waals surface area contributed by atoms with Gasteiger partial charge in [0.1, 0.15) is 0 Å². The zero-order valence-electron chi connectivity index (χ0n) is 9.41. The number of hydrogen-bond donors (Lipinski definition) is 3. The van der Waals surface area contributed by atoms with E-state index >= 15 is 0 Å². The number of carbonyl (C=O) groups excluding carboxylic acids is 1. The van der Waals surface area contributed by atoms with Crippen molar-refractivity contribution in [2.24, 2.45) is 0 Å². The molecule has 0 aromatic heterocycles. The molecule has 15 heavy (non-hydrogen) atoms. The number of nitrogens with one attached hydrogen (secondary N) is 1. The monoisotopic (exact) mass is 250 g/mol. The Kier molecular flexibility index (Phi) is 10.7. The predicted octanol–water partition coefficient (Wildman–Crippen LogP) is 1.06. The van der Waals surface area contributed by atoms with Crippen molar-refractivity contribution < 1.29 is 4.79 Å². The van der Waals surface area contributed by atoms with Gasteiger partial charge < -0.3 is 5.32 Å². The fourth-order valence-electron chi connectivity index (χ4n) is 1.25. The van der Waals surface area contributed by atoms with E-state index in [0.29, 0.717) is 18.8 Å². The molecular weight excluding hydrogens is 228 g/mol. The lowest BCUT2D eigenvalue weighted by atomic mass is 10.3. The van der Waals surface area contributed by atoms with Crippen LogP contribution in [0.2, 0.25) is 0 Å². The van der Waals surface area contributed by atoms with Crippen molar-refractivity contribution in [1.82, 2.24) is 10.2 Å². The van der Waals surface area contributed by atoms with Crippen LogP contribution < -0.4 is 5.32 Å². The smallest absolute Gasteiger partial charge is 0.234 e. The number of hydrogen-bond acceptors (Lipinski definition) is 4. The molecule has 0 heterocycles. The Balaban J connectivity index is 3.76. The van der Waals surface area contributed by atoms with Crippen LogP contribution in [0.4, 0.5) is 0 Å². The molecule has 0 spiro atoms. The lowest BCUT2D eigenvalue weighted by Crippen LogP contribution is -2.39. The summed E-state index contributed by atoms with van der Waals surface area (Å²) in [6.07, 6.45) is 2.29. The number of nitrogens with zero attached hydrogens (tertiary/aromatic N) is 1. The molecule has 0 atom stereocenters. The molecule has 0 bridgehead atoms. The van der Waals surface area contributed by atoms with E-state index in [1.54, 1.807) is 0 Å². The summed E-state index contributed by atoms with van der Waals surface area (Å²) in [7, 11) is 0. The second kappa shape index (κ2) is 10.6. The van der Waals surface area contributed by atoms with Crippen LogP contribution >= 0.6 is 25.3 Å². The summed E-state index contributed by atoms with van der Waals surface area (Å²) in [4.78, 5) is 13.6. The maximum atomic E-state index is 11.4. The van der Waals surface area contributed by atoms with E-state index in [1.165, 1.54) is 0 Å². The third kappa shape index (κ3) is 9.08. The van der Waals surface area contributed by atoms with Gasteiger partial charge in [-0.05, 0) is 13.0 Å². The first-order chi connectivity index (χ1) is 7.24. The second-order valence-corrected chi connectivity index (χ2v) is 4.32. The van der Waals surface area contributed by atoms with Gasteiger partial charge in [-0.3, -0.25) is 9.69 Å². The largest absolute Gasteiger partial charge is 0.354 e. The van der Waals surface area contributed by atoms with Gasteiger partial charge in [0, 0.05) is 24.6 Å². The highest BCUT2D eigenvalue weighted by Gasteiger charge is 2.08. The van der Waals surface area contributed by atoms with Crippen molar-refractivity contribution in [3.63, 3.8) is 0 Å². The van der Waals surface area contributed by atoms with Crippen molar-refractivity contribution in [2.45, 2.75) is 19.8 Å². The SMILES string of the molecule is CCCCN(CCS)CC(=O)NCCS. The molecule has 0 aliphatic carbocycles. The van der Waals surface area contributed by atoms with Crippen LogP contribution in [0.3, 0.4) is 0 Å². The molecule has 3 nitrogen and oxygen atoms in total. The third-order valence-electron chi connectivity index (χ3n) is 2.05. The first kappa shape index (κ1) is 15.1. The van der Waals surface area contributed by atoms with E-state index in [9.17, 15) is 4.79 Å². The molecule has 0 fully saturated rings. The summed E-state index contributed by atoms with van der Waals surface area (Å²) >= 11 is 8.23. The Labute approximate surface area is 104 Å². The van der Waals surface area contributed by atoms with Crippen molar-refractivity contribution in [2.75, 3.05) is 37.7 Å². The van der Waals surface area contributed by atoms with Gasteiger partial charge in [0.05, 0.1) is 6.54 Å². The zero-order chi connectivity index (χ0) is 11.5. The van der Waals surface area contributed by atoms with E-state index < -0.39 is 0 Å². The standard InChI is InChI=1S/C10H22N2OS2/c1-2-3-5-12(6-8-15)9-10(13)11-4-7-14/h14-15H,2-9H2,1H3,(H,11,13). The third-order valence-corrected chi connectivity index (χ3v) is 2.47. The van der Waals surface area contributed by atoms with Gasteiger partial charge in [-0.2, -0.15) is 25.3 Å². The van der Waals surface area contributed by atoms with E-state index in [0.717, 1.165) is 31.7 Å². The number of rotatable bonds is 9. The fourth-order valence-corrected chi connectivity index (χ4v) is 1.64. The normalized spacial score (nSPS) is 10.7. The number of unbranched alkanes of at least 4 members (excludes halogenated alkanes) is 1. The highest BCUT2D eigenvalue weighted by atomic mass is 32.1. The summed E-state index contributed by atoms with van der Waals surface area (Å²) in [6, 6.07) is 0. The van der Waals surface area contributed by atoms with Gasteiger partial charge in [0.2, 0.25) is 5.91 Å². The average Bonchev–Trinajstić information content (AvgIpc) is 2.23. The van der Waals surface area contributed by atoms with Crippen LogP contribution in [0.25, 0.3) is 0 Å². The van der Waals surface area contributed by atoms with Crippen LogP contribution in [-0.4, -0.2) is 48.5 Å². The number of amides is 1. The molecule has 1 amide bonds. The van der Waals surface area contributed by atoms with Gasteiger partial charge in [0.15, 0.2) is 0 Å². The molecular formula is C10H22N2OS2. The molecule has 0 rings (SSSR count). The van der Waals surface area contributed by atoms with E-state index in [4.69, 9.17) is 0 Å². The van der Waals surface area contributed by atoms with Crippen LogP contribution in [0.15, 0.2) is 0 Å². The molecule has 0 aliphatic rings. The molecule has 0 unspecified atom stereocenters. The summed E-state index contributed by atoms with van der Waals surface area (Å²) in [6.45, 7) is 5.13. The minimum Gasteiger partial charge on any atom is -0.354 e. The molecule has 0 saturated heterocycles. The van der Waals surface area contributed by atoms with Crippen LogP contribution in [-0.2, 0) is 4.79 Å². The Morgan fingerprint density at radius 3 is 2.53 bits per heavy atom. The molecule has 0 aliphatic heterocycles. The second-order valence-electron chi connectivity index (χ2n) is 3.43. The minimum absolute atomic E-state index is 0.0851. The maximum Gasteiger partial charge on any atom is 0.234 e. The summed E-state index contributed by atoms with van der Waals surface area (Å²) in [5.74, 6) is 1.57. The summed E-state index contributed by atoms with van der Waals surface area (Å²) in [5, 5.41) is 2.82. The van der Waals surface area contributed by atoms with Crippen molar-refractivity contribution in [3.8, 4) is 0 Å².